The molecule has 3 rings (SSSR count). The number of hydrogen-bond donors (Lipinski definition) is 3. The van der Waals surface area contributed by atoms with Gasteiger partial charge in [0.05, 0.1) is 18.7 Å². The SMILES string of the molecule is CCC(C)CNC(=O)c1ccc2c(c1)C(C1CCCCC1)N(C(=O)CNCC(C)O)CC2. The molecule has 1 saturated carbocycles. The highest BCUT2D eigenvalue weighted by atomic mass is 16.3. The summed E-state index contributed by atoms with van der Waals surface area (Å²) in [5, 5.41) is 15.7. The molecule has 0 bridgehead atoms. The summed E-state index contributed by atoms with van der Waals surface area (Å²) in [6, 6.07) is 6.10. The van der Waals surface area contributed by atoms with Crippen molar-refractivity contribution in [1.29, 1.82) is 0 Å². The quantitative estimate of drug-likeness (QED) is 0.546. The van der Waals surface area contributed by atoms with Crippen molar-refractivity contribution in [3.05, 3.63) is 34.9 Å². The van der Waals surface area contributed by atoms with E-state index in [1.54, 1.807) is 6.92 Å². The predicted octanol–water partition coefficient (Wildman–Crippen LogP) is 3.44. The van der Waals surface area contributed by atoms with Crippen molar-refractivity contribution in [2.45, 2.75) is 77.9 Å². The molecule has 3 unspecified atom stereocenters. The Bertz CT molecular complexity index is 774. The fourth-order valence-electron chi connectivity index (χ4n) is 5.03. The lowest BCUT2D eigenvalue weighted by Crippen LogP contribution is -2.47. The van der Waals surface area contributed by atoms with E-state index in [0.29, 0.717) is 37.0 Å². The van der Waals surface area contributed by atoms with Gasteiger partial charge in [-0.15, -0.1) is 0 Å². The van der Waals surface area contributed by atoms with Gasteiger partial charge in [0.25, 0.3) is 5.91 Å². The lowest BCUT2D eigenvalue weighted by Gasteiger charge is -2.43. The van der Waals surface area contributed by atoms with Crippen molar-refractivity contribution < 1.29 is 14.7 Å². The van der Waals surface area contributed by atoms with Crippen LogP contribution >= 0.6 is 0 Å². The van der Waals surface area contributed by atoms with Crippen LogP contribution in [-0.2, 0) is 11.2 Å². The summed E-state index contributed by atoms with van der Waals surface area (Å²) in [4.78, 5) is 28.0. The van der Waals surface area contributed by atoms with Gasteiger partial charge in [-0.25, -0.2) is 0 Å². The first-order chi connectivity index (χ1) is 15.4. The number of fused-ring (bicyclic) bond motifs is 1. The predicted molar refractivity (Wildman–Crippen MR) is 128 cm³/mol. The van der Waals surface area contributed by atoms with Crippen LogP contribution in [-0.4, -0.2) is 54.1 Å². The zero-order valence-corrected chi connectivity index (χ0v) is 20.0. The molecular formula is C26H41N3O3. The fraction of sp³-hybridized carbons (Fsp3) is 0.692. The molecule has 1 heterocycles. The van der Waals surface area contributed by atoms with Crippen LogP contribution in [0.3, 0.4) is 0 Å². The lowest BCUT2D eigenvalue weighted by molar-refractivity contribution is -0.134. The smallest absolute Gasteiger partial charge is 0.251 e. The summed E-state index contributed by atoms with van der Waals surface area (Å²) in [5.74, 6) is 0.937. The van der Waals surface area contributed by atoms with Gasteiger partial charge in [-0.2, -0.15) is 0 Å². The molecule has 1 aliphatic carbocycles. The van der Waals surface area contributed by atoms with Crippen LogP contribution in [0.1, 0.15) is 86.8 Å². The van der Waals surface area contributed by atoms with Crippen molar-refractivity contribution in [3.8, 4) is 0 Å². The summed E-state index contributed by atoms with van der Waals surface area (Å²) in [6.07, 6.45) is 7.29. The van der Waals surface area contributed by atoms with Crippen LogP contribution in [0.2, 0.25) is 0 Å². The molecule has 3 atom stereocenters. The van der Waals surface area contributed by atoms with E-state index in [9.17, 15) is 14.7 Å². The maximum atomic E-state index is 13.2. The summed E-state index contributed by atoms with van der Waals surface area (Å²) in [6.45, 7) is 8.02. The van der Waals surface area contributed by atoms with Crippen LogP contribution in [0.25, 0.3) is 0 Å². The van der Waals surface area contributed by atoms with Crippen molar-refractivity contribution >= 4 is 11.8 Å². The number of benzene rings is 1. The van der Waals surface area contributed by atoms with Crippen LogP contribution in [0.15, 0.2) is 18.2 Å². The molecule has 1 aromatic carbocycles. The van der Waals surface area contributed by atoms with Crippen LogP contribution in [0.5, 0.6) is 0 Å². The number of aliphatic hydroxyl groups is 1. The Balaban J connectivity index is 1.83. The van der Waals surface area contributed by atoms with Crippen molar-refractivity contribution in [3.63, 3.8) is 0 Å². The Morgan fingerprint density at radius 1 is 1.16 bits per heavy atom. The first-order valence-corrected chi connectivity index (χ1v) is 12.5. The molecule has 2 amide bonds. The fourth-order valence-corrected chi connectivity index (χ4v) is 5.03. The summed E-state index contributed by atoms with van der Waals surface area (Å²) >= 11 is 0. The third kappa shape index (κ3) is 6.32. The molecule has 178 valence electrons. The minimum Gasteiger partial charge on any atom is -0.392 e. The molecule has 32 heavy (non-hydrogen) atoms. The number of carbonyl (C=O) groups excluding carboxylic acids is 2. The van der Waals surface area contributed by atoms with Gasteiger partial charge in [-0.1, -0.05) is 45.6 Å². The van der Waals surface area contributed by atoms with Gasteiger partial charge in [0, 0.05) is 25.2 Å². The molecule has 0 radical (unpaired) electrons. The maximum absolute atomic E-state index is 13.2. The second kappa shape index (κ2) is 11.8. The minimum absolute atomic E-state index is 0.0298. The number of nitrogens with zero attached hydrogens (tertiary/aromatic N) is 1. The topological polar surface area (TPSA) is 81.7 Å². The number of hydrogen-bond acceptors (Lipinski definition) is 4. The Morgan fingerprint density at radius 2 is 1.91 bits per heavy atom. The molecule has 2 aliphatic rings. The molecular weight excluding hydrogens is 402 g/mol. The Morgan fingerprint density at radius 3 is 2.59 bits per heavy atom. The molecule has 3 N–H and O–H groups in total. The average Bonchev–Trinajstić information content (AvgIpc) is 2.81. The summed E-state index contributed by atoms with van der Waals surface area (Å²) in [5.41, 5.74) is 3.11. The number of nitrogens with one attached hydrogen (secondary N) is 2. The van der Waals surface area contributed by atoms with Crippen LogP contribution in [0.4, 0.5) is 0 Å². The molecule has 0 aromatic heterocycles. The van der Waals surface area contributed by atoms with E-state index in [1.807, 2.05) is 17.0 Å². The maximum Gasteiger partial charge on any atom is 0.251 e. The molecule has 1 fully saturated rings. The van der Waals surface area contributed by atoms with Gasteiger partial charge in [0.2, 0.25) is 5.91 Å². The van der Waals surface area contributed by atoms with Crippen molar-refractivity contribution in [2.75, 3.05) is 26.2 Å². The zero-order valence-electron chi connectivity index (χ0n) is 20.0. The number of rotatable bonds is 9. The molecule has 0 spiro atoms. The molecule has 1 aromatic rings. The highest BCUT2D eigenvalue weighted by Gasteiger charge is 2.37. The zero-order chi connectivity index (χ0) is 23.1. The van der Waals surface area contributed by atoms with E-state index in [-0.39, 0.29) is 24.4 Å². The monoisotopic (exact) mass is 443 g/mol. The van der Waals surface area contributed by atoms with E-state index in [0.717, 1.165) is 31.2 Å². The van der Waals surface area contributed by atoms with Gasteiger partial charge in [-0.05, 0) is 61.3 Å². The number of carbonyl (C=O) groups is 2. The largest absolute Gasteiger partial charge is 0.392 e. The Hall–Kier alpha value is -1.92. The van der Waals surface area contributed by atoms with Gasteiger partial charge in [-0.3, -0.25) is 9.59 Å². The van der Waals surface area contributed by atoms with E-state index in [2.05, 4.69) is 30.5 Å². The van der Waals surface area contributed by atoms with Gasteiger partial charge < -0.3 is 20.6 Å². The van der Waals surface area contributed by atoms with Gasteiger partial charge >= 0.3 is 0 Å². The summed E-state index contributed by atoms with van der Waals surface area (Å²) < 4.78 is 0. The Kier molecular flexibility index (Phi) is 9.11. The van der Waals surface area contributed by atoms with Gasteiger partial charge in [0.15, 0.2) is 0 Å². The number of aliphatic hydroxyl groups excluding tert-OH is 1. The molecule has 1 aliphatic heterocycles. The highest BCUT2D eigenvalue weighted by molar-refractivity contribution is 5.94. The second-order valence-electron chi connectivity index (χ2n) is 9.80. The van der Waals surface area contributed by atoms with Crippen LogP contribution < -0.4 is 10.6 Å². The second-order valence-corrected chi connectivity index (χ2v) is 9.80. The van der Waals surface area contributed by atoms with Crippen LogP contribution in [0, 0.1) is 11.8 Å². The molecule has 6 nitrogen and oxygen atoms in total. The molecule has 6 heteroatoms. The average molecular weight is 444 g/mol. The summed E-state index contributed by atoms with van der Waals surface area (Å²) in [7, 11) is 0. The van der Waals surface area contributed by atoms with Gasteiger partial charge in [0.1, 0.15) is 0 Å². The first-order valence-electron chi connectivity index (χ1n) is 12.5. The Labute approximate surface area is 193 Å². The third-order valence-corrected chi connectivity index (χ3v) is 7.13. The first kappa shape index (κ1) is 24.7. The van der Waals surface area contributed by atoms with Crippen molar-refractivity contribution in [2.24, 2.45) is 11.8 Å². The lowest BCUT2D eigenvalue weighted by atomic mass is 9.76. The van der Waals surface area contributed by atoms with E-state index in [1.165, 1.54) is 24.8 Å². The van der Waals surface area contributed by atoms with E-state index in [4.69, 9.17) is 0 Å². The normalized spacial score (nSPS) is 21.0. The van der Waals surface area contributed by atoms with E-state index >= 15 is 0 Å². The molecule has 0 saturated heterocycles. The standard InChI is InChI=1S/C26H41N3O3/c1-4-18(2)15-28-26(32)22-11-10-20-12-13-29(24(31)17-27-16-19(3)30)25(23(20)14-22)21-8-6-5-7-9-21/h10-11,14,18-19,21,25,27,30H,4-9,12-13,15-17H2,1-3H3,(H,28,32). The minimum atomic E-state index is -0.476. The number of amides is 2. The third-order valence-electron chi connectivity index (χ3n) is 7.13. The van der Waals surface area contributed by atoms with E-state index < -0.39 is 6.10 Å². The highest BCUT2D eigenvalue weighted by Crippen LogP contribution is 2.42. The van der Waals surface area contributed by atoms with Crippen molar-refractivity contribution in [1.82, 2.24) is 15.5 Å².